The summed E-state index contributed by atoms with van der Waals surface area (Å²) in [5.74, 6) is -0.211. The van der Waals surface area contributed by atoms with Gasteiger partial charge in [0.05, 0.1) is 16.7 Å². The molecule has 3 N–H and O–H groups in total. The Morgan fingerprint density at radius 2 is 2.37 bits per heavy atom. The Morgan fingerprint density at radius 1 is 1.58 bits per heavy atom. The monoisotopic (exact) mass is 279 g/mol. The second-order valence-corrected chi connectivity index (χ2v) is 4.76. The molecular formula is C13H14ClN3O2. The molecule has 1 heterocycles. The summed E-state index contributed by atoms with van der Waals surface area (Å²) in [6.45, 7) is 0.423. The lowest BCUT2D eigenvalue weighted by atomic mass is 10.1. The largest absolute Gasteiger partial charge is 0.364 e. The molecule has 0 spiro atoms. The maximum absolute atomic E-state index is 12.0. The first-order valence-corrected chi connectivity index (χ1v) is 6.38. The number of benzene rings is 1. The molecular weight excluding hydrogens is 266 g/mol. The number of hydrogen-bond donors (Lipinski definition) is 2. The summed E-state index contributed by atoms with van der Waals surface area (Å²) < 4.78 is 5.50. The van der Waals surface area contributed by atoms with E-state index in [0.29, 0.717) is 29.2 Å². The van der Waals surface area contributed by atoms with Crippen LogP contribution >= 0.6 is 11.6 Å². The van der Waals surface area contributed by atoms with Crippen molar-refractivity contribution in [1.82, 2.24) is 0 Å². The topological polar surface area (TPSA) is 88.1 Å². The quantitative estimate of drug-likeness (QED) is 0.881. The third-order valence-corrected chi connectivity index (χ3v) is 3.33. The molecule has 1 fully saturated rings. The van der Waals surface area contributed by atoms with Crippen molar-refractivity contribution in [3.8, 4) is 6.07 Å². The molecule has 1 aromatic carbocycles. The summed E-state index contributed by atoms with van der Waals surface area (Å²) >= 11 is 5.90. The minimum absolute atomic E-state index is 0.0414. The second kappa shape index (κ2) is 6.02. The summed E-state index contributed by atoms with van der Waals surface area (Å²) in [7, 11) is 0. The third-order valence-electron chi connectivity index (χ3n) is 3.02. The molecule has 0 radical (unpaired) electrons. The first-order valence-electron chi connectivity index (χ1n) is 6.00. The van der Waals surface area contributed by atoms with Crippen LogP contribution in [-0.4, -0.2) is 24.7 Å². The fraction of sp³-hybridized carbons (Fsp3) is 0.385. The molecule has 6 heteroatoms. The lowest BCUT2D eigenvalue weighted by Gasteiger charge is -2.13. The number of hydrogen-bond acceptors (Lipinski definition) is 4. The van der Waals surface area contributed by atoms with Crippen LogP contribution in [0.5, 0.6) is 0 Å². The van der Waals surface area contributed by atoms with Crippen LogP contribution in [0.4, 0.5) is 5.69 Å². The fourth-order valence-electron chi connectivity index (χ4n) is 1.98. The van der Waals surface area contributed by atoms with Gasteiger partial charge in [-0.15, -0.1) is 0 Å². The van der Waals surface area contributed by atoms with Crippen molar-refractivity contribution in [2.24, 2.45) is 5.73 Å². The Hall–Kier alpha value is -1.61. The molecule has 2 unspecified atom stereocenters. The molecule has 0 saturated carbocycles. The summed E-state index contributed by atoms with van der Waals surface area (Å²) in [6.07, 6.45) is 0.948. The summed E-state index contributed by atoms with van der Waals surface area (Å²) in [6, 6.07) is 6.71. The Kier molecular flexibility index (Phi) is 4.38. The van der Waals surface area contributed by atoms with Crippen molar-refractivity contribution >= 4 is 23.2 Å². The second-order valence-electron chi connectivity index (χ2n) is 4.36. The van der Waals surface area contributed by atoms with Gasteiger partial charge in [0.1, 0.15) is 12.2 Å². The van der Waals surface area contributed by atoms with Crippen LogP contribution in [0, 0.1) is 11.3 Å². The van der Waals surface area contributed by atoms with Gasteiger partial charge in [0.15, 0.2) is 0 Å². The van der Waals surface area contributed by atoms with Crippen molar-refractivity contribution in [3.05, 3.63) is 28.8 Å². The van der Waals surface area contributed by atoms with Crippen molar-refractivity contribution in [3.63, 3.8) is 0 Å². The average molecular weight is 280 g/mol. The van der Waals surface area contributed by atoms with Crippen LogP contribution in [-0.2, 0) is 9.53 Å². The number of halogens is 1. The van der Waals surface area contributed by atoms with E-state index in [-0.39, 0.29) is 12.0 Å². The lowest BCUT2D eigenvalue weighted by Crippen LogP contribution is -2.29. The number of carbonyl (C=O) groups excluding carboxylic acids is 1. The Bertz CT molecular complexity index is 527. The first kappa shape index (κ1) is 13.8. The number of rotatable bonds is 3. The van der Waals surface area contributed by atoms with Crippen molar-refractivity contribution in [2.45, 2.75) is 25.0 Å². The highest BCUT2D eigenvalue weighted by Crippen LogP contribution is 2.23. The van der Waals surface area contributed by atoms with Gasteiger partial charge in [0.25, 0.3) is 5.91 Å². The van der Waals surface area contributed by atoms with Gasteiger partial charge in [-0.05, 0) is 31.0 Å². The van der Waals surface area contributed by atoms with E-state index < -0.39 is 6.10 Å². The Morgan fingerprint density at radius 3 is 2.95 bits per heavy atom. The van der Waals surface area contributed by atoms with Gasteiger partial charge in [-0.3, -0.25) is 4.79 Å². The van der Waals surface area contributed by atoms with E-state index in [4.69, 9.17) is 27.3 Å². The van der Waals surface area contributed by atoms with E-state index in [1.165, 1.54) is 0 Å². The summed E-state index contributed by atoms with van der Waals surface area (Å²) in [4.78, 5) is 12.0. The van der Waals surface area contributed by atoms with Gasteiger partial charge in [-0.25, -0.2) is 0 Å². The molecule has 1 saturated heterocycles. The van der Waals surface area contributed by atoms with Gasteiger partial charge in [-0.2, -0.15) is 5.26 Å². The van der Waals surface area contributed by atoms with Crippen LogP contribution in [0.25, 0.3) is 0 Å². The number of nitrogens with two attached hydrogens (primary N) is 1. The van der Waals surface area contributed by atoms with Gasteiger partial charge in [-0.1, -0.05) is 11.6 Å². The molecule has 19 heavy (non-hydrogen) atoms. The summed E-state index contributed by atoms with van der Waals surface area (Å²) in [5, 5.41) is 11.8. The molecule has 5 nitrogen and oxygen atoms in total. The lowest BCUT2D eigenvalue weighted by molar-refractivity contribution is -0.126. The van der Waals surface area contributed by atoms with Crippen molar-refractivity contribution < 1.29 is 9.53 Å². The fourth-order valence-corrected chi connectivity index (χ4v) is 2.20. The Labute approximate surface area is 116 Å². The molecule has 1 aliphatic rings. The van der Waals surface area contributed by atoms with Crippen LogP contribution < -0.4 is 11.1 Å². The normalized spacial score (nSPS) is 21.9. The minimum atomic E-state index is -0.469. The molecule has 2 rings (SSSR count). The zero-order chi connectivity index (χ0) is 13.8. The van der Waals surface area contributed by atoms with Gasteiger partial charge >= 0.3 is 0 Å². The predicted molar refractivity (Wildman–Crippen MR) is 71.7 cm³/mol. The standard InChI is InChI=1S/C13H14ClN3O2/c14-11-5-9(2-1-8(11)6-15)17-13(18)12-4-3-10(7-16)19-12/h1-2,5,10,12H,3-4,7,16H2,(H,17,18). The predicted octanol–water partition coefficient (Wildman–Crippen LogP) is 1.66. The van der Waals surface area contributed by atoms with E-state index in [1.807, 2.05) is 6.07 Å². The van der Waals surface area contributed by atoms with Gasteiger partial charge < -0.3 is 15.8 Å². The van der Waals surface area contributed by atoms with Gasteiger partial charge in [0, 0.05) is 12.2 Å². The molecule has 1 aromatic rings. The minimum Gasteiger partial charge on any atom is -0.364 e. The molecule has 2 atom stereocenters. The zero-order valence-electron chi connectivity index (χ0n) is 10.2. The molecule has 100 valence electrons. The maximum Gasteiger partial charge on any atom is 0.253 e. The van der Waals surface area contributed by atoms with E-state index in [9.17, 15) is 4.79 Å². The molecule has 0 aromatic heterocycles. The van der Waals surface area contributed by atoms with E-state index >= 15 is 0 Å². The highest BCUT2D eigenvalue weighted by molar-refractivity contribution is 6.32. The average Bonchev–Trinajstić information content (AvgIpc) is 2.88. The van der Waals surface area contributed by atoms with E-state index in [0.717, 1.165) is 6.42 Å². The van der Waals surface area contributed by atoms with Gasteiger partial charge in [0.2, 0.25) is 0 Å². The van der Waals surface area contributed by atoms with Crippen LogP contribution in [0.3, 0.4) is 0 Å². The molecule has 1 amide bonds. The van der Waals surface area contributed by atoms with Crippen molar-refractivity contribution in [2.75, 3.05) is 11.9 Å². The summed E-state index contributed by atoms with van der Waals surface area (Å²) in [5.41, 5.74) is 6.42. The molecule has 1 aliphatic heterocycles. The first-order chi connectivity index (χ1) is 9.13. The number of nitriles is 1. The molecule has 0 bridgehead atoms. The van der Waals surface area contributed by atoms with Crippen molar-refractivity contribution in [1.29, 1.82) is 5.26 Å². The number of anilines is 1. The number of carbonyl (C=O) groups is 1. The SMILES string of the molecule is N#Cc1ccc(NC(=O)C2CCC(CN)O2)cc1Cl. The molecule has 0 aliphatic carbocycles. The number of amides is 1. The smallest absolute Gasteiger partial charge is 0.253 e. The highest BCUT2D eigenvalue weighted by atomic mass is 35.5. The number of nitrogens with one attached hydrogen (secondary N) is 1. The maximum atomic E-state index is 12.0. The van der Waals surface area contributed by atoms with Crippen LogP contribution in [0.2, 0.25) is 5.02 Å². The van der Waals surface area contributed by atoms with E-state index in [1.54, 1.807) is 18.2 Å². The Balaban J connectivity index is 2.00. The third kappa shape index (κ3) is 3.24. The van der Waals surface area contributed by atoms with E-state index in [2.05, 4.69) is 5.32 Å². The van der Waals surface area contributed by atoms with Crippen LogP contribution in [0.1, 0.15) is 18.4 Å². The number of ether oxygens (including phenoxy) is 1. The zero-order valence-corrected chi connectivity index (χ0v) is 11.0. The number of nitrogens with zero attached hydrogens (tertiary/aromatic N) is 1. The highest BCUT2D eigenvalue weighted by Gasteiger charge is 2.29. The van der Waals surface area contributed by atoms with Crippen LogP contribution in [0.15, 0.2) is 18.2 Å².